The van der Waals surface area contributed by atoms with Crippen LogP contribution in [0.15, 0.2) is 6.07 Å². The Morgan fingerprint density at radius 2 is 1.95 bits per heavy atom. The fourth-order valence-corrected chi connectivity index (χ4v) is 3.61. The van der Waals surface area contributed by atoms with Gasteiger partial charge in [-0.15, -0.1) is 11.3 Å². The van der Waals surface area contributed by atoms with Crippen molar-refractivity contribution in [2.75, 3.05) is 5.32 Å². The maximum atomic E-state index is 12.3. The summed E-state index contributed by atoms with van der Waals surface area (Å²) in [5.41, 5.74) is 0.217. The number of carbonyl (C=O) groups is 2. The van der Waals surface area contributed by atoms with E-state index >= 15 is 0 Å². The third-order valence-corrected chi connectivity index (χ3v) is 5.02. The monoisotopic (exact) mass is 295 g/mol. The molecule has 2 N–H and O–H groups in total. The maximum absolute atomic E-state index is 12.3. The SMILES string of the molecule is CCc1cc(C(=O)O)c(NC(=O)C2CCCCCC2)s1. The molecule has 0 radical (unpaired) electrons. The summed E-state index contributed by atoms with van der Waals surface area (Å²) in [6, 6.07) is 1.66. The van der Waals surface area contributed by atoms with Crippen LogP contribution in [0.25, 0.3) is 0 Å². The summed E-state index contributed by atoms with van der Waals surface area (Å²) >= 11 is 1.37. The van der Waals surface area contributed by atoms with Gasteiger partial charge in [0.15, 0.2) is 0 Å². The summed E-state index contributed by atoms with van der Waals surface area (Å²) in [5, 5.41) is 12.5. The van der Waals surface area contributed by atoms with E-state index in [4.69, 9.17) is 0 Å². The van der Waals surface area contributed by atoms with Gasteiger partial charge >= 0.3 is 5.97 Å². The largest absolute Gasteiger partial charge is 0.478 e. The Labute approximate surface area is 123 Å². The molecular formula is C15H21NO3S. The number of hydrogen-bond acceptors (Lipinski definition) is 3. The van der Waals surface area contributed by atoms with Crippen LogP contribution in [0.2, 0.25) is 0 Å². The topological polar surface area (TPSA) is 66.4 Å². The number of carboxylic acids is 1. The lowest BCUT2D eigenvalue weighted by atomic mass is 9.99. The van der Waals surface area contributed by atoms with E-state index in [0.717, 1.165) is 37.0 Å². The first-order valence-corrected chi connectivity index (χ1v) is 8.10. The van der Waals surface area contributed by atoms with E-state index < -0.39 is 5.97 Å². The van der Waals surface area contributed by atoms with Crippen molar-refractivity contribution >= 4 is 28.2 Å². The van der Waals surface area contributed by atoms with Crippen molar-refractivity contribution in [1.29, 1.82) is 0 Å². The molecule has 20 heavy (non-hydrogen) atoms. The van der Waals surface area contributed by atoms with E-state index in [1.165, 1.54) is 24.2 Å². The van der Waals surface area contributed by atoms with Gasteiger partial charge in [0.2, 0.25) is 5.91 Å². The predicted molar refractivity (Wildman–Crippen MR) is 80.5 cm³/mol. The molecule has 2 rings (SSSR count). The van der Waals surface area contributed by atoms with Crippen LogP contribution >= 0.6 is 11.3 Å². The fourth-order valence-electron chi connectivity index (χ4n) is 2.62. The zero-order valence-electron chi connectivity index (χ0n) is 11.8. The van der Waals surface area contributed by atoms with Crippen molar-refractivity contribution in [1.82, 2.24) is 0 Å². The first-order valence-electron chi connectivity index (χ1n) is 7.28. The second-order valence-corrected chi connectivity index (χ2v) is 6.43. The normalized spacial score (nSPS) is 16.6. The predicted octanol–water partition coefficient (Wildman–Crippen LogP) is 3.92. The number of aromatic carboxylic acids is 1. The highest BCUT2D eigenvalue weighted by Crippen LogP contribution is 2.30. The molecule has 4 nitrogen and oxygen atoms in total. The Morgan fingerprint density at radius 3 is 2.50 bits per heavy atom. The lowest BCUT2D eigenvalue weighted by Gasteiger charge is -2.13. The van der Waals surface area contributed by atoms with Crippen molar-refractivity contribution in [3.63, 3.8) is 0 Å². The molecule has 0 bridgehead atoms. The van der Waals surface area contributed by atoms with Crippen LogP contribution in [-0.4, -0.2) is 17.0 Å². The van der Waals surface area contributed by atoms with Gasteiger partial charge in [-0.25, -0.2) is 4.79 Å². The molecule has 1 saturated carbocycles. The highest BCUT2D eigenvalue weighted by molar-refractivity contribution is 7.16. The van der Waals surface area contributed by atoms with Gasteiger partial charge in [-0.1, -0.05) is 32.6 Å². The Hall–Kier alpha value is -1.36. The summed E-state index contributed by atoms with van der Waals surface area (Å²) < 4.78 is 0. The van der Waals surface area contributed by atoms with E-state index in [1.54, 1.807) is 6.07 Å². The molecule has 1 aromatic rings. The Morgan fingerprint density at radius 1 is 1.30 bits per heavy atom. The first-order chi connectivity index (χ1) is 9.61. The van der Waals surface area contributed by atoms with Gasteiger partial charge in [0, 0.05) is 10.8 Å². The molecule has 1 amide bonds. The highest BCUT2D eigenvalue weighted by atomic mass is 32.1. The summed E-state index contributed by atoms with van der Waals surface area (Å²) in [4.78, 5) is 24.5. The molecule has 1 aromatic heterocycles. The minimum absolute atomic E-state index is 0.0149. The molecule has 0 aliphatic heterocycles. The van der Waals surface area contributed by atoms with Gasteiger partial charge < -0.3 is 10.4 Å². The summed E-state index contributed by atoms with van der Waals surface area (Å²) in [7, 11) is 0. The smallest absolute Gasteiger partial charge is 0.338 e. The number of rotatable bonds is 4. The van der Waals surface area contributed by atoms with E-state index in [9.17, 15) is 14.7 Å². The van der Waals surface area contributed by atoms with Crippen LogP contribution in [0.4, 0.5) is 5.00 Å². The Balaban J connectivity index is 2.10. The van der Waals surface area contributed by atoms with Crippen molar-refractivity contribution in [3.05, 3.63) is 16.5 Å². The Kier molecular flexibility index (Phi) is 5.17. The molecule has 0 aromatic carbocycles. The lowest BCUT2D eigenvalue weighted by Crippen LogP contribution is -2.22. The van der Waals surface area contributed by atoms with Gasteiger partial charge in [0.25, 0.3) is 0 Å². The average Bonchev–Trinajstić information content (AvgIpc) is 2.65. The molecular weight excluding hydrogens is 274 g/mol. The summed E-state index contributed by atoms with van der Waals surface area (Å²) in [6.45, 7) is 1.98. The summed E-state index contributed by atoms with van der Waals surface area (Å²) in [6.07, 6.45) is 7.19. The van der Waals surface area contributed by atoms with Gasteiger partial charge in [-0.2, -0.15) is 0 Å². The van der Waals surface area contributed by atoms with Crippen LogP contribution in [0.1, 0.15) is 60.7 Å². The van der Waals surface area contributed by atoms with Crippen LogP contribution in [0, 0.1) is 5.92 Å². The minimum Gasteiger partial charge on any atom is -0.478 e. The quantitative estimate of drug-likeness (QED) is 0.827. The van der Waals surface area contributed by atoms with E-state index in [2.05, 4.69) is 5.32 Å². The molecule has 110 valence electrons. The Bertz CT molecular complexity index is 487. The van der Waals surface area contributed by atoms with Gasteiger partial charge in [0.05, 0.1) is 5.56 Å². The van der Waals surface area contributed by atoms with Gasteiger partial charge in [-0.3, -0.25) is 4.79 Å². The van der Waals surface area contributed by atoms with Crippen molar-refractivity contribution in [2.45, 2.75) is 51.9 Å². The standard InChI is InChI=1S/C15H21NO3S/c1-2-11-9-12(15(18)19)14(20-11)16-13(17)10-7-5-3-4-6-8-10/h9-10H,2-8H2,1H3,(H,16,17)(H,18,19). The third kappa shape index (κ3) is 3.60. The number of anilines is 1. The fraction of sp³-hybridized carbons (Fsp3) is 0.600. The van der Waals surface area contributed by atoms with Crippen LogP contribution in [0.5, 0.6) is 0 Å². The number of amides is 1. The number of nitrogens with one attached hydrogen (secondary N) is 1. The second-order valence-electron chi connectivity index (χ2n) is 5.29. The highest BCUT2D eigenvalue weighted by Gasteiger charge is 2.23. The van der Waals surface area contributed by atoms with Crippen molar-refractivity contribution in [2.24, 2.45) is 5.92 Å². The molecule has 0 spiro atoms. The van der Waals surface area contributed by atoms with Crippen LogP contribution in [-0.2, 0) is 11.2 Å². The zero-order chi connectivity index (χ0) is 14.5. The molecule has 0 unspecified atom stereocenters. The van der Waals surface area contributed by atoms with Crippen molar-refractivity contribution in [3.8, 4) is 0 Å². The maximum Gasteiger partial charge on any atom is 0.338 e. The van der Waals surface area contributed by atoms with Gasteiger partial charge in [0.1, 0.15) is 5.00 Å². The molecule has 0 atom stereocenters. The van der Waals surface area contributed by atoms with Gasteiger partial charge in [-0.05, 0) is 25.3 Å². The number of carbonyl (C=O) groups excluding carboxylic acids is 1. The second kappa shape index (κ2) is 6.88. The van der Waals surface area contributed by atoms with E-state index in [1.807, 2.05) is 6.92 Å². The molecule has 1 aliphatic carbocycles. The number of thiophene rings is 1. The lowest BCUT2D eigenvalue weighted by molar-refractivity contribution is -0.120. The number of carboxylic acid groups (broad SMARTS) is 1. The third-order valence-electron chi connectivity index (χ3n) is 3.82. The van der Waals surface area contributed by atoms with Crippen LogP contribution in [0.3, 0.4) is 0 Å². The van der Waals surface area contributed by atoms with E-state index in [-0.39, 0.29) is 17.4 Å². The zero-order valence-corrected chi connectivity index (χ0v) is 12.6. The summed E-state index contributed by atoms with van der Waals surface area (Å²) in [5.74, 6) is -0.956. The van der Waals surface area contributed by atoms with E-state index in [0.29, 0.717) is 5.00 Å². The minimum atomic E-state index is -0.975. The average molecular weight is 295 g/mol. The molecule has 0 saturated heterocycles. The number of aryl methyl sites for hydroxylation is 1. The first kappa shape index (κ1) is 15.0. The number of hydrogen-bond donors (Lipinski definition) is 2. The molecule has 1 heterocycles. The van der Waals surface area contributed by atoms with Crippen LogP contribution < -0.4 is 5.32 Å². The molecule has 1 aliphatic rings. The van der Waals surface area contributed by atoms with Crippen molar-refractivity contribution < 1.29 is 14.7 Å². The molecule has 1 fully saturated rings. The molecule has 5 heteroatoms.